The molecular formula is C16H19N3. The zero-order valence-corrected chi connectivity index (χ0v) is 12.0. The second-order valence-electron chi connectivity index (χ2n) is 5.24. The van der Waals surface area contributed by atoms with Crippen molar-refractivity contribution in [2.45, 2.75) is 40.5 Å². The maximum absolute atomic E-state index is 4.27. The fourth-order valence-electron chi connectivity index (χ4n) is 3.13. The van der Waals surface area contributed by atoms with Crippen molar-refractivity contribution >= 4 is 16.5 Å². The van der Waals surface area contributed by atoms with Gasteiger partial charge in [0.1, 0.15) is 0 Å². The molecule has 0 saturated heterocycles. The number of aryl methyl sites for hydroxylation is 4. The molecule has 0 aliphatic heterocycles. The molecule has 0 amide bonds. The Morgan fingerprint density at radius 1 is 0.895 bits per heavy atom. The average Bonchev–Trinajstić information content (AvgIpc) is 2.68. The topological polar surface area (TPSA) is 30.7 Å². The summed E-state index contributed by atoms with van der Waals surface area (Å²) in [6, 6.07) is 0. The molecule has 0 bridgehead atoms. The van der Waals surface area contributed by atoms with Gasteiger partial charge < -0.3 is 4.57 Å². The van der Waals surface area contributed by atoms with Crippen molar-refractivity contribution in [3.05, 3.63) is 41.0 Å². The molecule has 0 fully saturated rings. The smallest absolute Gasteiger partial charge is 0.0696 e. The first-order chi connectivity index (χ1) is 9.11. The van der Waals surface area contributed by atoms with Gasteiger partial charge in [-0.15, -0.1) is 0 Å². The first kappa shape index (κ1) is 12.2. The number of nitrogens with zero attached hydrogens (tertiary/aromatic N) is 3. The van der Waals surface area contributed by atoms with E-state index < -0.39 is 0 Å². The molecule has 19 heavy (non-hydrogen) atoms. The standard InChI is InChI=1S/C16H19N3/c1-10-15-12(3)19(14-8-6-5-7-9-14)13(4)16(15)11(2)18-17-10/h6,8-9H,5,7H2,1-4H3. The molecule has 2 heterocycles. The lowest BCUT2D eigenvalue weighted by Gasteiger charge is -2.13. The van der Waals surface area contributed by atoms with E-state index in [0.29, 0.717) is 0 Å². The highest BCUT2D eigenvalue weighted by Crippen LogP contribution is 2.32. The number of rotatable bonds is 1. The SMILES string of the molecule is Cc1nnc(C)c2c(C)n(C3=CCCC=C3)c(C)c12. The summed E-state index contributed by atoms with van der Waals surface area (Å²) in [6.45, 7) is 8.42. The second-order valence-corrected chi connectivity index (χ2v) is 5.24. The third-order valence-electron chi connectivity index (χ3n) is 3.95. The third-order valence-corrected chi connectivity index (χ3v) is 3.95. The fourth-order valence-corrected chi connectivity index (χ4v) is 3.13. The van der Waals surface area contributed by atoms with E-state index in [2.05, 4.69) is 46.8 Å². The van der Waals surface area contributed by atoms with Crippen LogP contribution in [0.2, 0.25) is 0 Å². The molecule has 98 valence electrons. The Bertz CT molecular complexity index is 672. The van der Waals surface area contributed by atoms with E-state index in [1.54, 1.807) is 0 Å². The van der Waals surface area contributed by atoms with Gasteiger partial charge in [-0.25, -0.2) is 0 Å². The Balaban J connectivity index is 2.38. The first-order valence-corrected chi connectivity index (χ1v) is 6.80. The minimum Gasteiger partial charge on any atom is -0.317 e. The molecule has 0 radical (unpaired) electrons. The molecular weight excluding hydrogens is 234 g/mol. The Hall–Kier alpha value is -1.90. The van der Waals surface area contributed by atoms with Crippen molar-refractivity contribution < 1.29 is 0 Å². The van der Waals surface area contributed by atoms with E-state index in [0.717, 1.165) is 24.2 Å². The summed E-state index contributed by atoms with van der Waals surface area (Å²) in [7, 11) is 0. The Labute approximate surface area is 113 Å². The van der Waals surface area contributed by atoms with Crippen LogP contribution in [0.5, 0.6) is 0 Å². The fraction of sp³-hybridized carbons (Fsp3) is 0.375. The number of hydrogen-bond donors (Lipinski definition) is 0. The minimum atomic E-state index is 1.01. The molecule has 3 heteroatoms. The van der Waals surface area contributed by atoms with Crippen LogP contribution in [0.25, 0.3) is 16.5 Å². The summed E-state index contributed by atoms with van der Waals surface area (Å²) in [4.78, 5) is 0. The second kappa shape index (κ2) is 4.34. The van der Waals surface area contributed by atoms with Crippen LogP contribution in [0.15, 0.2) is 18.2 Å². The normalized spacial score (nSPS) is 15.1. The van der Waals surface area contributed by atoms with E-state index in [1.165, 1.54) is 27.9 Å². The van der Waals surface area contributed by atoms with Crippen LogP contribution in [-0.4, -0.2) is 14.8 Å². The van der Waals surface area contributed by atoms with Gasteiger partial charge in [-0.3, -0.25) is 0 Å². The van der Waals surface area contributed by atoms with Gasteiger partial charge in [-0.2, -0.15) is 10.2 Å². The summed E-state index contributed by atoms with van der Waals surface area (Å²) >= 11 is 0. The van der Waals surface area contributed by atoms with Gasteiger partial charge in [0.2, 0.25) is 0 Å². The van der Waals surface area contributed by atoms with Crippen LogP contribution >= 0.6 is 0 Å². The lowest BCUT2D eigenvalue weighted by Crippen LogP contribution is -2.01. The highest BCUT2D eigenvalue weighted by atomic mass is 15.1. The van der Waals surface area contributed by atoms with Crippen LogP contribution in [-0.2, 0) is 0 Å². The zero-order valence-electron chi connectivity index (χ0n) is 12.0. The Morgan fingerprint density at radius 2 is 1.47 bits per heavy atom. The minimum absolute atomic E-state index is 1.01. The predicted octanol–water partition coefficient (Wildman–Crippen LogP) is 3.86. The number of hydrogen-bond acceptors (Lipinski definition) is 2. The maximum atomic E-state index is 4.27. The van der Waals surface area contributed by atoms with Crippen molar-refractivity contribution in [3.8, 4) is 0 Å². The molecule has 3 rings (SSSR count). The largest absolute Gasteiger partial charge is 0.317 e. The van der Waals surface area contributed by atoms with Crippen molar-refractivity contribution in [1.82, 2.24) is 14.8 Å². The van der Waals surface area contributed by atoms with E-state index in [-0.39, 0.29) is 0 Å². The van der Waals surface area contributed by atoms with Gasteiger partial charge in [0.05, 0.1) is 11.4 Å². The molecule has 2 aromatic rings. The number of fused-ring (bicyclic) bond motifs is 1. The van der Waals surface area contributed by atoms with Gasteiger partial charge in [0.25, 0.3) is 0 Å². The van der Waals surface area contributed by atoms with E-state index in [1.807, 2.05) is 13.8 Å². The van der Waals surface area contributed by atoms with Gasteiger partial charge in [0.15, 0.2) is 0 Å². The number of allylic oxidation sites excluding steroid dienone is 4. The lowest BCUT2D eigenvalue weighted by atomic mass is 10.1. The van der Waals surface area contributed by atoms with E-state index in [9.17, 15) is 0 Å². The summed E-state index contributed by atoms with van der Waals surface area (Å²) in [6.07, 6.45) is 9.03. The summed E-state index contributed by atoms with van der Waals surface area (Å²) in [5.41, 5.74) is 5.83. The van der Waals surface area contributed by atoms with Gasteiger partial charge >= 0.3 is 0 Å². The monoisotopic (exact) mass is 253 g/mol. The van der Waals surface area contributed by atoms with Gasteiger partial charge in [-0.05, 0) is 46.6 Å². The average molecular weight is 253 g/mol. The van der Waals surface area contributed by atoms with Crippen LogP contribution < -0.4 is 0 Å². The van der Waals surface area contributed by atoms with E-state index >= 15 is 0 Å². The molecule has 3 nitrogen and oxygen atoms in total. The summed E-state index contributed by atoms with van der Waals surface area (Å²) < 4.78 is 2.34. The van der Waals surface area contributed by atoms with Crippen LogP contribution in [0.3, 0.4) is 0 Å². The summed E-state index contributed by atoms with van der Waals surface area (Å²) in [5.74, 6) is 0. The van der Waals surface area contributed by atoms with Gasteiger partial charge in [-0.1, -0.05) is 12.2 Å². The van der Waals surface area contributed by atoms with Crippen LogP contribution in [0.4, 0.5) is 0 Å². The lowest BCUT2D eigenvalue weighted by molar-refractivity contribution is 0.960. The van der Waals surface area contributed by atoms with Crippen LogP contribution in [0.1, 0.15) is 35.6 Å². The molecule has 0 atom stereocenters. The third kappa shape index (κ3) is 1.72. The molecule has 1 aliphatic carbocycles. The molecule has 0 N–H and O–H groups in total. The van der Waals surface area contributed by atoms with Crippen LogP contribution in [0, 0.1) is 27.7 Å². The molecule has 2 aromatic heterocycles. The van der Waals surface area contributed by atoms with Crippen molar-refractivity contribution in [3.63, 3.8) is 0 Å². The Kier molecular flexibility index (Phi) is 2.77. The van der Waals surface area contributed by atoms with Crippen molar-refractivity contribution in [2.24, 2.45) is 0 Å². The molecule has 0 spiro atoms. The van der Waals surface area contributed by atoms with E-state index in [4.69, 9.17) is 0 Å². The molecule has 0 unspecified atom stereocenters. The maximum Gasteiger partial charge on any atom is 0.0696 e. The molecule has 1 aliphatic rings. The van der Waals surface area contributed by atoms with Crippen molar-refractivity contribution in [2.75, 3.05) is 0 Å². The summed E-state index contributed by atoms with van der Waals surface area (Å²) in [5, 5.41) is 11.0. The highest BCUT2D eigenvalue weighted by molar-refractivity contribution is 5.93. The highest BCUT2D eigenvalue weighted by Gasteiger charge is 2.18. The zero-order chi connectivity index (χ0) is 13.6. The first-order valence-electron chi connectivity index (χ1n) is 6.80. The quantitative estimate of drug-likeness (QED) is 0.772. The van der Waals surface area contributed by atoms with Crippen molar-refractivity contribution in [1.29, 1.82) is 0 Å². The molecule has 0 saturated carbocycles. The molecule has 0 aromatic carbocycles. The Morgan fingerprint density at radius 3 is 1.95 bits per heavy atom. The number of aromatic nitrogens is 3. The van der Waals surface area contributed by atoms with Gasteiger partial charge in [0, 0.05) is 27.9 Å². The predicted molar refractivity (Wildman–Crippen MR) is 79.1 cm³/mol.